The second-order valence-electron chi connectivity index (χ2n) is 9.12. The quantitative estimate of drug-likeness (QED) is 0.252. The van der Waals surface area contributed by atoms with Gasteiger partial charge in [0.25, 0.3) is 0 Å². The van der Waals surface area contributed by atoms with Crippen LogP contribution in [0.2, 0.25) is 0 Å². The number of hydrogen-bond donors (Lipinski definition) is 1. The highest BCUT2D eigenvalue weighted by Gasteiger charge is 2.27. The standard InChI is InChI=1S/C26H40O4/c1-20(2)30-26(29)13-9-4-3-8-12-24-22(16-19-25(24)28)15-18-23(27)17-14-21-10-6-5-7-11-21/h3,8,15-16,18-24,27H,4-7,9-14,17H2,1-2H3/b8-3-,18-15+/t22-,23-,24+/m0/s1. The smallest absolute Gasteiger partial charge is 0.306 e. The number of allylic oxidation sites excluding steroid dienone is 5. The first-order valence-corrected chi connectivity index (χ1v) is 11.9. The van der Waals surface area contributed by atoms with Crippen molar-refractivity contribution in [3.05, 3.63) is 36.5 Å². The summed E-state index contributed by atoms with van der Waals surface area (Å²) in [7, 11) is 0. The van der Waals surface area contributed by atoms with E-state index in [1.54, 1.807) is 6.08 Å². The fraction of sp³-hybridized carbons (Fsp3) is 0.692. The molecule has 0 aromatic heterocycles. The minimum Gasteiger partial charge on any atom is -0.463 e. The van der Waals surface area contributed by atoms with E-state index in [0.29, 0.717) is 12.8 Å². The number of ketones is 1. The first-order valence-electron chi connectivity index (χ1n) is 11.9. The summed E-state index contributed by atoms with van der Waals surface area (Å²) >= 11 is 0. The van der Waals surface area contributed by atoms with Crippen molar-refractivity contribution in [2.45, 2.75) is 96.7 Å². The maximum atomic E-state index is 12.2. The van der Waals surface area contributed by atoms with Crippen molar-refractivity contribution in [3.8, 4) is 0 Å². The Bertz CT molecular complexity index is 611. The minimum atomic E-state index is -0.419. The molecule has 0 aromatic carbocycles. The Morgan fingerprint density at radius 2 is 2.00 bits per heavy atom. The van der Waals surface area contributed by atoms with E-state index in [2.05, 4.69) is 0 Å². The first kappa shape index (κ1) is 24.6. The molecule has 168 valence electrons. The molecule has 4 heteroatoms. The fourth-order valence-electron chi connectivity index (χ4n) is 4.41. The number of aliphatic hydroxyl groups excluding tert-OH is 1. The molecule has 0 bridgehead atoms. The van der Waals surface area contributed by atoms with Crippen molar-refractivity contribution < 1.29 is 19.4 Å². The summed E-state index contributed by atoms with van der Waals surface area (Å²) in [4.78, 5) is 23.7. The van der Waals surface area contributed by atoms with Gasteiger partial charge in [-0.15, -0.1) is 0 Å². The molecule has 1 fully saturated rings. The molecule has 0 heterocycles. The van der Waals surface area contributed by atoms with Crippen LogP contribution in [0.1, 0.15) is 84.5 Å². The summed E-state index contributed by atoms with van der Waals surface area (Å²) in [6, 6.07) is 0. The Balaban J connectivity index is 1.67. The topological polar surface area (TPSA) is 63.6 Å². The van der Waals surface area contributed by atoms with E-state index >= 15 is 0 Å². The highest BCUT2D eigenvalue weighted by molar-refractivity contribution is 5.95. The number of hydrogen-bond acceptors (Lipinski definition) is 4. The molecule has 1 N–H and O–H groups in total. The van der Waals surface area contributed by atoms with Gasteiger partial charge in [-0.2, -0.15) is 0 Å². The number of aliphatic hydroxyl groups is 1. The summed E-state index contributed by atoms with van der Waals surface area (Å²) in [5.41, 5.74) is 0. The number of ether oxygens (including phenoxy) is 1. The average molecular weight is 417 g/mol. The number of carbonyl (C=O) groups is 2. The Morgan fingerprint density at radius 1 is 1.23 bits per heavy atom. The third-order valence-corrected chi connectivity index (χ3v) is 6.14. The number of rotatable bonds is 12. The number of carbonyl (C=O) groups excluding carboxylic acids is 2. The molecule has 3 atom stereocenters. The predicted octanol–water partition coefficient (Wildman–Crippen LogP) is 5.70. The third kappa shape index (κ3) is 9.42. The lowest BCUT2D eigenvalue weighted by molar-refractivity contribution is -0.147. The molecular weight excluding hydrogens is 376 g/mol. The zero-order chi connectivity index (χ0) is 21.8. The van der Waals surface area contributed by atoms with Gasteiger partial charge < -0.3 is 9.84 Å². The minimum absolute atomic E-state index is 0.0625. The highest BCUT2D eigenvalue weighted by Crippen LogP contribution is 2.29. The van der Waals surface area contributed by atoms with E-state index in [1.807, 2.05) is 44.2 Å². The normalized spacial score (nSPS) is 23.8. The van der Waals surface area contributed by atoms with Gasteiger partial charge in [0, 0.05) is 18.3 Å². The maximum absolute atomic E-state index is 12.2. The van der Waals surface area contributed by atoms with Gasteiger partial charge in [0.2, 0.25) is 0 Å². The van der Waals surface area contributed by atoms with E-state index < -0.39 is 6.10 Å². The summed E-state index contributed by atoms with van der Waals surface area (Å²) in [5.74, 6) is 0.772. The van der Waals surface area contributed by atoms with Gasteiger partial charge in [0.15, 0.2) is 5.78 Å². The molecule has 0 amide bonds. The first-order chi connectivity index (χ1) is 14.5. The van der Waals surface area contributed by atoms with Crippen molar-refractivity contribution in [2.75, 3.05) is 0 Å². The van der Waals surface area contributed by atoms with Crippen LogP contribution in [0.15, 0.2) is 36.5 Å². The number of esters is 1. The highest BCUT2D eigenvalue weighted by atomic mass is 16.5. The van der Waals surface area contributed by atoms with E-state index in [-0.39, 0.29) is 29.7 Å². The zero-order valence-electron chi connectivity index (χ0n) is 18.8. The van der Waals surface area contributed by atoms with Gasteiger partial charge >= 0.3 is 5.97 Å². The van der Waals surface area contributed by atoms with Gasteiger partial charge in [-0.3, -0.25) is 9.59 Å². The van der Waals surface area contributed by atoms with E-state index in [0.717, 1.165) is 31.6 Å². The lowest BCUT2D eigenvalue weighted by Gasteiger charge is -2.22. The molecule has 0 spiro atoms. The van der Waals surface area contributed by atoms with Gasteiger partial charge in [-0.1, -0.05) is 62.5 Å². The van der Waals surface area contributed by atoms with Crippen LogP contribution in [0.25, 0.3) is 0 Å². The Morgan fingerprint density at radius 3 is 2.73 bits per heavy atom. The fourth-order valence-corrected chi connectivity index (χ4v) is 4.41. The molecule has 0 aliphatic heterocycles. The molecular formula is C26H40O4. The van der Waals surface area contributed by atoms with Crippen LogP contribution < -0.4 is 0 Å². The molecule has 2 rings (SSSR count). The molecule has 0 saturated heterocycles. The second-order valence-corrected chi connectivity index (χ2v) is 9.12. The SMILES string of the molecule is CC(C)OC(=O)CCC/C=C\C[C@H]1C(=O)C=C[C@@H]1/C=C/[C@@H](O)CCC1CCCCC1. The van der Waals surface area contributed by atoms with Crippen LogP contribution in [0.5, 0.6) is 0 Å². The Hall–Kier alpha value is -1.68. The Kier molecular flexibility index (Phi) is 11.1. The van der Waals surface area contributed by atoms with Gasteiger partial charge in [0.05, 0.1) is 12.2 Å². The van der Waals surface area contributed by atoms with Crippen LogP contribution in [0.3, 0.4) is 0 Å². The van der Waals surface area contributed by atoms with E-state index in [9.17, 15) is 14.7 Å². The van der Waals surface area contributed by atoms with Crippen LogP contribution in [0.4, 0.5) is 0 Å². The molecule has 0 unspecified atom stereocenters. The van der Waals surface area contributed by atoms with Crippen LogP contribution >= 0.6 is 0 Å². The second kappa shape index (κ2) is 13.6. The molecule has 4 nitrogen and oxygen atoms in total. The lowest BCUT2D eigenvalue weighted by atomic mass is 9.85. The van der Waals surface area contributed by atoms with Gasteiger partial charge in [-0.25, -0.2) is 0 Å². The molecule has 2 aliphatic carbocycles. The van der Waals surface area contributed by atoms with Gasteiger partial charge in [0.1, 0.15) is 0 Å². The lowest BCUT2D eigenvalue weighted by Crippen LogP contribution is -2.15. The van der Waals surface area contributed by atoms with Crippen molar-refractivity contribution in [1.82, 2.24) is 0 Å². The molecule has 30 heavy (non-hydrogen) atoms. The number of unbranched alkanes of at least 4 members (excludes halogenated alkanes) is 1. The monoisotopic (exact) mass is 416 g/mol. The summed E-state index contributed by atoms with van der Waals surface area (Å²) < 4.78 is 5.12. The maximum Gasteiger partial charge on any atom is 0.306 e. The average Bonchev–Trinajstić information content (AvgIpc) is 3.07. The largest absolute Gasteiger partial charge is 0.463 e. The summed E-state index contributed by atoms with van der Waals surface area (Å²) in [6.07, 6.45) is 22.4. The molecule has 0 radical (unpaired) electrons. The van der Waals surface area contributed by atoms with Gasteiger partial charge in [-0.05, 0) is 57.9 Å². The molecule has 0 aromatic rings. The zero-order valence-corrected chi connectivity index (χ0v) is 18.8. The predicted molar refractivity (Wildman–Crippen MR) is 121 cm³/mol. The van der Waals surface area contributed by atoms with Crippen molar-refractivity contribution in [2.24, 2.45) is 17.8 Å². The van der Waals surface area contributed by atoms with E-state index in [4.69, 9.17) is 4.74 Å². The summed E-state index contributed by atoms with van der Waals surface area (Å²) in [6.45, 7) is 3.70. The van der Waals surface area contributed by atoms with Crippen molar-refractivity contribution in [1.29, 1.82) is 0 Å². The van der Waals surface area contributed by atoms with E-state index in [1.165, 1.54) is 32.1 Å². The van der Waals surface area contributed by atoms with Crippen molar-refractivity contribution in [3.63, 3.8) is 0 Å². The van der Waals surface area contributed by atoms with Crippen LogP contribution in [-0.4, -0.2) is 29.1 Å². The van der Waals surface area contributed by atoms with Crippen LogP contribution in [0, 0.1) is 17.8 Å². The van der Waals surface area contributed by atoms with Crippen LogP contribution in [-0.2, 0) is 14.3 Å². The molecule has 1 saturated carbocycles. The Labute approximate surface area is 182 Å². The molecule has 2 aliphatic rings. The summed E-state index contributed by atoms with van der Waals surface area (Å²) in [5, 5.41) is 10.3. The van der Waals surface area contributed by atoms with Crippen molar-refractivity contribution >= 4 is 11.8 Å². The third-order valence-electron chi connectivity index (χ3n) is 6.14.